The van der Waals surface area contributed by atoms with Crippen molar-refractivity contribution in [3.63, 3.8) is 0 Å². The molecule has 0 saturated carbocycles. The predicted octanol–water partition coefficient (Wildman–Crippen LogP) is 4.21. The predicted molar refractivity (Wildman–Crippen MR) is 101 cm³/mol. The van der Waals surface area contributed by atoms with Crippen LogP contribution in [0, 0.1) is 19.7 Å². The van der Waals surface area contributed by atoms with Crippen molar-refractivity contribution in [3.05, 3.63) is 76.0 Å². The first kappa shape index (κ1) is 18.0. The zero-order chi connectivity index (χ0) is 18.7. The normalized spacial score (nSPS) is 15.3. The fraction of sp³-hybridized carbons (Fsp3) is 0.286. The summed E-state index contributed by atoms with van der Waals surface area (Å²) in [5, 5.41) is 0. The summed E-state index contributed by atoms with van der Waals surface area (Å²) >= 11 is 0. The van der Waals surface area contributed by atoms with Crippen molar-refractivity contribution >= 4 is 12.1 Å². The van der Waals surface area contributed by atoms with Gasteiger partial charge in [-0.3, -0.25) is 9.79 Å². The van der Waals surface area contributed by atoms with Crippen molar-refractivity contribution in [3.8, 4) is 0 Å². The van der Waals surface area contributed by atoms with Gasteiger partial charge in [-0.05, 0) is 55.9 Å². The number of aliphatic imine (C=N–C) groups is 1. The number of carbonyl (C=O) groups is 1. The lowest BCUT2D eigenvalue weighted by molar-refractivity contribution is 0.0991. The number of benzene rings is 1. The van der Waals surface area contributed by atoms with E-state index in [1.165, 1.54) is 6.20 Å². The van der Waals surface area contributed by atoms with Crippen LogP contribution in [0.15, 0.2) is 47.2 Å². The molecule has 3 rings (SSSR count). The summed E-state index contributed by atoms with van der Waals surface area (Å²) in [6.45, 7) is 4.05. The van der Waals surface area contributed by atoms with Gasteiger partial charge in [0.15, 0.2) is 11.5 Å². The highest BCUT2D eigenvalue weighted by molar-refractivity contribution is 5.91. The second-order valence-corrected chi connectivity index (χ2v) is 6.52. The molecule has 2 heterocycles. The molecule has 0 bridgehead atoms. The van der Waals surface area contributed by atoms with Gasteiger partial charge in [-0.25, -0.2) is 9.37 Å². The number of aromatic nitrogens is 1. The summed E-state index contributed by atoms with van der Waals surface area (Å²) < 4.78 is 15.1. The third-order valence-corrected chi connectivity index (χ3v) is 4.85. The van der Waals surface area contributed by atoms with E-state index in [1.54, 1.807) is 6.07 Å². The number of nitrogens with zero attached hydrogens (tertiary/aromatic N) is 2. The maximum absolute atomic E-state index is 15.1. The topological polar surface area (TPSA) is 68.3 Å². The molecule has 4 nitrogen and oxygen atoms in total. The Morgan fingerprint density at radius 3 is 2.77 bits per heavy atom. The second-order valence-electron chi connectivity index (χ2n) is 6.52. The first-order valence-electron chi connectivity index (χ1n) is 8.73. The number of carbonyl (C=O) groups excluding carboxylic acids is 1. The molecule has 1 unspecified atom stereocenters. The highest BCUT2D eigenvalue weighted by Gasteiger charge is 2.27. The molecular weight excluding hydrogens is 329 g/mol. The van der Waals surface area contributed by atoms with Crippen molar-refractivity contribution < 1.29 is 9.18 Å². The van der Waals surface area contributed by atoms with E-state index < -0.39 is 17.6 Å². The lowest BCUT2D eigenvalue weighted by Gasteiger charge is -2.22. The Kier molecular flexibility index (Phi) is 5.26. The Balaban J connectivity index is 2.25. The summed E-state index contributed by atoms with van der Waals surface area (Å²) in [7, 11) is 0. The minimum atomic E-state index is -0.873. The highest BCUT2D eigenvalue weighted by atomic mass is 19.1. The fourth-order valence-electron chi connectivity index (χ4n) is 3.30. The van der Waals surface area contributed by atoms with Crippen LogP contribution in [-0.2, 0) is 0 Å². The van der Waals surface area contributed by atoms with Crippen molar-refractivity contribution in [1.82, 2.24) is 4.98 Å². The van der Waals surface area contributed by atoms with E-state index in [-0.39, 0.29) is 5.69 Å². The van der Waals surface area contributed by atoms with E-state index in [4.69, 9.17) is 5.73 Å². The van der Waals surface area contributed by atoms with Crippen LogP contribution in [0.1, 0.15) is 57.9 Å². The Morgan fingerprint density at radius 1 is 1.19 bits per heavy atom. The molecule has 1 aromatic carbocycles. The third-order valence-electron chi connectivity index (χ3n) is 4.85. The first-order chi connectivity index (χ1) is 12.5. The zero-order valence-electron chi connectivity index (χ0n) is 15.0. The van der Waals surface area contributed by atoms with E-state index in [0.717, 1.165) is 41.6 Å². The lowest BCUT2D eigenvalue weighted by atomic mass is 9.84. The van der Waals surface area contributed by atoms with Gasteiger partial charge in [0.25, 0.3) is 5.91 Å². The van der Waals surface area contributed by atoms with Crippen LogP contribution in [0.25, 0.3) is 0 Å². The van der Waals surface area contributed by atoms with Gasteiger partial charge in [-0.2, -0.15) is 0 Å². The molecule has 26 heavy (non-hydrogen) atoms. The molecule has 1 amide bonds. The van der Waals surface area contributed by atoms with Crippen LogP contribution in [0.5, 0.6) is 0 Å². The number of hydrogen-bond acceptors (Lipinski definition) is 3. The molecule has 134 valence electrons. The van der Waals surface area contributed by atoms with Crippen LogP contribution in [0.3, 0.4) is 0 Å². The number of pyridine rings is 1. The quantitative estimate of drug-likeness (QED) is 0.896. The van der Waals surface area contributed by atoms with Crippen LogP contribution in [-0.4, -0.2) is 17.1 Å². The van der Waals surface area contributed by atoms with Crippen molar-refractivity contribution in [2.75, 3.05) is 0 Å². The van der Waals surface area contributed by atoms with Crippen LogP contribution in [0.4, 0.5) is 4.39 Å². The monoisotopic (exact) mass is 351 g/mol. The van der Waals surface area contributed by atoms with Gasteiger partial charge in [0.2, 0.25) is 0 Å². The number of nitrogens with two attached hydrogens (primary N) is 1. The largest absolute Gasteiger partial charge is 0.364 e. The second kappa shape index (κ2) is 7.60. The molecule has 5 heteroatoms. The Hall–Kier alpha value is -2.82. The molecular formula is C21H22FN3O. The minimum absolute atomic E-state index is 0.337. The van der Waals surface area contributed by atoms with Gasteiger partial charge in [0.1, 0.15) is 0 Å². The number of allylic oxidation sites excluding steroid dienone is 2. The minimum Gasteiger partial charge on any atom is -0.364 e. The van der Waals surface area contributed by atoms with Gasteiger partial charge < -0.3 is 5.73 Å². The Morgan fingerprint density at radius 2 is 2.00 bits per heavy atom. The maximum Gasteiger partial charge on any atom is 0.270 e. The fourth-order valence-corrected chi connectivity index (χ4v) is 3.30. The number of primary amides is 1. The summed E-state index contributed by atoms with van der Waals surface area (Å²) in [6.07, 6.45) is 8.15. The average molecular weight is 351 g/mol. The van der Waals surface area contributed by atoms with E-state index in [0.29, 0.717) is 5.56 Å². The van der Waals surface area contributed by atoms with Crippen LogP contribution >= 0.6 is 0 Å². The summed E-state index contributed by atoms with van der Waals surface area (Å²) in [6, 6.07) is 7.58. The zero-order valence-corrected chi connectivity index (χ0v) is 15.0. The molecule has 1 aliphatic heterocycles. The molecule has 1 aliphatic rings. The molecule has 0 saturated heterocycles. The van der Waals surface area contributed by atoms with Gasteiger partial charge in [0, 0.05) is 23.7 Å². The van der Waals surface area contributed by atoms with Crippen molar-refractivity contribution in [2.24, 2.45) is 10.7 Å². The van der Waals surface area contributed by atoms with E-state index in [2.05, 4.69) is 16.1 Å². The molecule has 2 N–H and O–H groups in total. The van der Waals surface area contributed by atoms with Gasteiger partial charge >= 0.3 is 0 Å². The van der Waals surface area contributed by atoms with Gasteiger partial charge in [0.05, 0.1) is 5.92 Å². The molecule has 0 aliphatic carbocycles. The lowest BCUT2D eigenvalue weighted by Crippen LogP contribution is -2.18. The van der Waals surface area contributed by atoms with E-state index in [1.807, 2.05) is 38.3 Å². The summed E-state index contributed by atoms with van der Waals surface area (Å²) in [4.78, 5) is 20.0. The number of rotatable bonds is 4. The molecule has 0 radical (unpaired) electrons. The smallest absolute Gasteiger partial charge is 0.270 e. The molecule has 0 spiro atoms. The standard InChI is InChI=1S/C21H22FN3O/c1-13-7-6-8-15(14(13)2)18(17-9-4-3-5-11-24-17)16-10-12-25-20(19(16)22)21(23)26/h6-12,18H,3-5H2,1-2H3,(H2,23,26). The molecule has 1 atom stereocenters. The SMILES string of the molecule is Cc1cccc(C(C2=CCCCC=N2)c2ccnc(C(N)=O)c2F)c1C. The van der Waals surface area contributed by atoms with Gasteiger partial charge in [-0.15, -0.1) is 0 Å². The third kappa shape index (κ3) is 3.43. The number of aryl methyl sites for hydroxylation is 1. The number of amides is 1. The molecule has 0 fully saturated rings. The van der Waals surface area contributed by atoms with E-state index >= 15 is 4.39 Å². The Bertz CT molecular complexity index is 902. The van der Waals surface area contributed by atoms with Crippen molar-refractivity contribution in [2.45, 2.75) is 39.0 Å². The number of hydrogen-bond donors (Lipinski definition) is 1. The Labute approximate surface area is 152 Å². The van der Waals surface area contributed by atoms with E-state index in [9.17, 15) is 4.79 Å². The first-order valence-corrected chi connectivity index (χ1v) is 8.73. The molecule has 2 aromatic rings. The summed E-state index contributed by atoms with van der Waals surface area (Å²) in [5.41, 5.74) is 9.28. The molecule has 1 aromatic heterocycles. The average Bonchev–Trinajstić information content (AvgIpc) is 2.89. The summed E-state index contributed by atoms with van der Waals surface area (Å²) in [5.74, 6) is -1.96. The maximum atomic E-state index is 15.1. The highest BCUT2D eigenvalue weighted by Crippen LogP contribution is 2.37. The van der Waals surface area contributed by atoms with Crippen LogP contribution < -0.4 is 5.73 Å². The van der Waals surface area contributed by atoms with Gasteiger partial charge in [-0.1, -0.05) is 24.3 Å². The van der Waals surface area contributed by atoms with Crippen molar-refractivity contribution in [1.29, 1.82) is 0 Å². The van der Waals surface area contributed by atoms with Crippen LogP contribution in [0.2, 0.25) is 0 Å². The number of halogens is 1.